The molecule has 1 aromatic heterocycles. The highest BCUT2D eigenvalue weighted by Gasteiger charge is 2.25. The summed E-state index contributed by atoms with van der Waals surface area (Å²) < 4.78 is 19.3. The second kappa shape index (κ2) is 8.22. The lowest BCUT2D eigenvalue weighted by atomic mass is 10.1. The Balaban J connectivity index is 1.80. The van der Waals surface area contributed by atoms with Gasteiger partial charge in [-0.25, -0.2) is 4.39 Å². The number of nitrogens with one attached hydrogen (secondary N) is 2. The number of aromatic nitrogens is 1. The molecule has 0 bridgehead atoms. The van der Waals surface area contributed by atoms with Crippen molar-refractivity contribution in [3.63, 3.8) is 0 Å². The van der Waals surface area contributed by atoms with Crippen LogP contribution in [0.5, 0.6) is 0 Å². The highest BCUT2D eigenvalue weighted by atomic mass is 35.5. The molecule has 0 saturated carbocycles. The molecule has 2 amide bonds. The summed E-state index contributed by atoms with van der Waals surface area (Å²) in [4.78, 5) is 24.8. The monoisotopic (exact) mass is 401 g/mol. The third-order valence-corrected chi connectivity index (χ3v) is 4.52. The fraction of sp³-hybridized carbons (Fsp3) is 0.150. The van der Waals surface area contributed by atoms with E-state index in [9.17, 15) is 14.0 Å². The largest absolute Gasteiger partial charge is 0.360 e. The van der Waals surface area contributed by atoms with Crippen molar-refractivity contribution in [3.05, 3.63) is 75.8 Å². The predicted octanol–water partition coefficient (Wildman–Crippen LogP) is 4.08. The second-order valence-electron chi connectivity index (χ2n) is 6.02. The first-order valence-corrected chi connectivity index (χ1v) is 8.90. The number of carbonyl (C=O) groups excluding carboxylic acids is 2. The molecule has 0 unspecified atom stereocenters. The number of halogens is 2. The molecule has 8 heteroatoms. The van der Waals surface area contributed by atoms with E-state index in [2.05, 4.69) is 16.0 Å². The Morgan fingerprint density at radius 3 is 2.43 bits per heavy atom. The Labute approximate surface area is 165 Å². The van der Waals surface area contributed by atoms with Crippen LogP contribution in [0.4, 0.5) is 4.39 Å². The lowest BCUT2D eigenvalue weighted by molar-refractivity contribution is 0.0846. The van der Waals surface area contributed by atoms with Gasteiger partial charge in [-0.3, -0.25) is 20.4 Å². The van der Waals surface area contributed by atoms with Gasteiger partial charge in [0, 0.05) is 5.56 Å². The molecule has 0 atom stereocenters. The van der Waals surface area contributed by atoms with Crippen molar-refractivity contribution in [3.8, 4) is 11.3 Å². The van der Waals surface area contributed by atoms with E-state index in [1.165, 1.54) is 25.1 Å². The van der Waals surface area contributed by atoms with Crippen LogP contribution >= 0.6 is 11.6 Å². The molecular weight excluding hydrogens is 385 g/mol. The zero-order chi connectivity index (χ0) is 20.3. The molecule has 0 fully saturated rings. The van der Waals surface area contributed by atoms with Gasteiger partial charge in [0.1, 0.15) is 22.8 Å². The van der Waals surface area contributed by atoms with Gasteiger partial charge in [-0.1, -0.05) is 41.9 Å². The van der Waals surface area contributed by atoms with Crippen molar-refractivity contribution in [1.82, 2.24) is 16.0 Å². The normalized spacial score (nSPS) is 10.6. The molecule has 3 aromatic rings. The van der Waals surface area contributed by atoms with Crippen molar-refractivity contribution in [2.75, 3.05) is 0 Å². The third-order valence-electron chi connectivity index (χ3n) is 4.20. The standard InChI is InChI=1S/C20H17ClFN3O3/c1-3-12-7-9-13(10-8-12)19(26)23-24-20(27)16-11(2)28-25-18(16)17-14(21)5-4-6-15(17)22/h4-10H,3H2,1-2H3,(H,23,26)(H,24,27). The van der Waals surface area contributed by atoms with Gasteiger partial charge in [0.05, 0.1) is 10.6 Å². The van der Waals surface area contributed by atoms with Gasteiger partial charge in [-0.2, -0.15) is 0 Å². The molecule has 1 heterocycles. The molecule has 0 radical (unpaired) electrons. The summed E-state index contributed by atoms with van der Waals surface area (Å²) in [6.07, 6.45) is 0.854. The van der Waals surface area contributed by atoms with E-state index in [-0.39, 0.29) is 27.6 Å². The maximum atomic E-state index is 14.2. The first kappa shape index (κ1) is 19.6. The molecule has 0 aliphatic carbocycles. The molecule has 0 saturated heterocycles. The summed E-state index contributed by atoms with van der Waals surface area (Å²) in [5.41, 5.74) is 5.99. The van der Waals surface area contributed by atoms with E-state index >= 15 is 0 Å². The molecule has 0 aliphatic heterocycles. The number of carbonyl (C=O) groups is 2. The van der Waals surface area contributed by atoms with Crippen LogP contribution in [0.2, 0.25) is 5.02 Å². The number of amides is 2. The smallest absolute Gasteiger partial charge is 0.275 e. The Bertz CT molecular complexity index is 1010. The Kier molecular flexibility index (Phi) is 5.75. The lowest BCUT2D eigenvalue weighted by Crippen LogP contribution is -2.41. The summed E-state index contributed by atoms with van der Waals surface area (Å²) in [5.74, 6) is -1.68. The minimum Gasteiger partial charge on any atom is -0.360 e. The molecule has 0 spiro atoms. The van der Waals surface area contributed by atoms with E-state index in [0.29, 0.717) is 5.56 Å². The molecule has 0 aliphatic rings. The highest BCUT2D eigenvalue weighted by molar-refractivity contribution is 6.33. The van der Waals surface area contributed by atoms with Crippen molar-refractivity contribution in [2.45, 2.75) is 20.3 Å². The van der Waals surface area contributed by atoms with Gasteiger partial charge in [-0.05, 0) is 43.2 Å². The third kappa shape index (κ3) is 3.89. The van der Waals surface area contributed by atoms with Crippen molar-refractivity contribution < 1.29 is 18.5 Å². The zero-order valence-electron chi connectivity index (χ0n) is 15.2. The number of benzene rings is 2. The fourth-order valence-electron chi connectivity index (χ4n) is 2.67. The fourth-order valence-corrected chi connectivity index (χ4v) is 2.93. The van der Waals surface area contributed by atoms with Gasteiger partial charge in [0.15, 0.2) is 0 Å². The molecule has 3 rings (SSSR count). The zero-order valence-corrected chi connectivity index (χ0v) is 15.9. The SMILES string of the molecule is CCc1ccc(C(=O)NNC(=O)c2c(-c3c(F)cccc3Cl)noc2C)cc1. The lowest BCUT2D eigenvalue weighted by Gasteiger charge is -2.09. The predicted molar refractivity (Wildman–Crippen MR) is 102 cm³/mol. The quantitative estimate of drug-likeness (QED) is 0.645. The minimum absolute atomic E-state index is 0.0198. The van der Waals surface area contributed by atoms with Gasteiger partial charge < -0.3 is 4.52 Å². The van der Waals surface area contributed by atoms with Crippen LogP contribution < -0.4 is 10.9 Å². The first-order valence-electron chi connectivity index (χ1n) is 8.52. The van der Waals surface area contributed by atoms with Crippen LogP contribution in [0.1, 0.15) is 39.0 Å². The number of rotatable bonds is 4. The van der Waals surface area contributed by atoms with Gasteiger partial charge in [-0.15, -0.1) is 0 Å². The average molecular weight is 402 g/mol. The van der Waals surface area contributed by atoms with Crippen LogP contribution in [0.15, 0.2) is 47.0 Å². The molecule has 144 valence electrons. The van der Waals surface area contributed by atoms with Crippen LogP contribution in [-0.2, 0) is 6.42 Å². The second-order valence-corrected chi connectivity index (χ2v) is 6.42. The number of hydrazine groups is 1. The van der Waals surface area contributed by atoms with Crippen molar-refractivity contribution >= 4 is 23.4 Å². The van der Waals surface area contributed by atoms with Crippen LogP contribution in [0.3, 0.4) is 0 Å². The van der Waals surface area contributed by atoms with Gasteiger partial charge in [0.2, 0.25) is 0 Å². The number of hydrogen-bond acceptors (Lipinski definition) is 4. The maximum Gasteiger partial charge on any atom is 0.275 e. The summed E-state index contributed by atoms with van der Waals surface area (Å²) in [7, 11) is 0. The van der Waals surface area contributed by atoms with Crippen molar-refractivity contribution in [1.29, 1.82) is 0 Å². The summed E-state index contributed by atoms with van der Waals surface area (Å²) in [6.45, 7) is 3.52. The number of hydrogen-bond donors (Lipinski definition) is 2. The van der Waals surface area contributed by atoms with Crippen LogP contribution in [0.25, 0.3) is 11.3 Å². The topological polar surface area (TPSA) is 84.2 Å². The van der Waals surface area contributed by atoms with Gasteiger partial charge >= 0.3 is 0 Å². The first-order chi connectivity index (χ1) is 13.4. The van der Waals surface area contributed by atoms with E-state index in [4.69, 9.17) is 16.1 Å². The maximum absolute atomic E-state index is 14.2. The summed E-state index contributed by atoms with van der Waals surface area (Å²) in [5, 5.41) is 3.85. The molecular formula is C20H17ClFN3O3. The van der Waals surface area contributed by atoms with E-state index in [1.807, 2.05) is 19.1 Å². The van der Waals surface area contributed by atoms with Crippen LogP contribution in [-0.4, -0.2) is 17.0 Å². The van der Waals surface area contributed by atoms with Crippen molar-refractivity contribution in [2.24, 2.45) is 0 Å². The van der Waals surface area contributed by atoms with E-state index < -0.39 is 17.6 Å². The van der Waals surface area contributed by atoms with E-state index in [1.54, 1.807) is 12.1 Å². The van der Waals surface area contributed by atoms with Gasteiger partial charge in [0.25, 0.3) is 11.8 Å². The highest BCUT2D eigenvalue weighted by Crippen LogP contribution is 2.33. The Morgan fingerprint density at radius 2 is 1.79 bits per heavy atom. The average Bonchev–Trinajstić information content (AvgIpc) is 3.07. The Hall–Kier alpha value is -3.19. The Morgan fingerprint density at radius 1 is 1.11 bits per heavy atom. The number of nitrogens with zero attached hydrogens (tertiary/aromatic N) is 1. The molecule has 2 aromatic carbocycles. The molecule has 28 heavy (non-hydrogen) atoms. The molecule has 6 nitrogen and oxygen atoms in total. The minimum atomic E-state index is -0.702. The summed E-state index contributed by atoms with van der Waals surface area (Å²) in [6, 6.07) is 11.1. The number of aryl methyl sites for hydroxylation is 2. The van der Waals surface area contributed by atoms with E-state index in [0.717, 1.165) is 12.0 Å². The summed E-state index contributed by atoms with van der Waals surface area (Å²) >= 11 is 6.06. The molecule has 2 N–H and O–H groups in total. The van der Waals surface area contributed by atoms with Crippen LogP contribution in [0, 0.1) is 12.7 Å².